The molecule has 1 aliphatic heterocycles. The Labute approximate surface area is 158 Å². The predicted molar refractivity (Wildman–Crippen MR) is 102 cm³/mol. The molecule has 0 atom stereocenters. The van der Waals surface area contributed by atoms with Crippen molar-refractivity contribution in [3.05, 3.63) is 58.9 Å². The van der Waals surface area contributed by atoms with E-state index in [0.29, 0.717) is 23.6 Å². The first-order valence-electron chi connectivity index (χ1n) is 8.66. The molecule has 5 nitrogen and oxygen atoms in total. The largest absolute Gasteiger partial charge is 0.493 e. The van der Waals surface area contributed by atoms with Gasteiger partial charge in [-0.1, -0.05) is 19.9 Å². The van der Waals surface area contributed by atoms with Crippen LogP contribution in [-0.2, 0) is 0 Å². The summed E-state index contributed by atoms with van der Waals surface area (Å²) in [7, 11) is 3.15. The van der Waals surface area contributed by atoms with Crippen LogP contribution < -0.4 is 9.47 Å². The van der Waals surface area contributed by atoms with E-state index in [4.69, 9.17) is 9.47 Å². The van der Waals surface area contributed by atoms with E-state index in [1.54, 1.807) is 33.3 Å². The van der Waals surface area contributed by atoms with Gasteiger partial charge in [-0.3, -0.25) is 4.79 Å². The summed E-state index contributed by atoms with van der Waals surface area (Å²) >= 11 is 0. The van der Waals surface area contributed by atoms with Crippen molar-refractivity contribution in [2.24, 2.45) is 10.5 Å². The van der Waals surface area contributed by atoms with Crippen molar-refractivity contribution in [2.45, 2.75) is 20.8 Å². The van der Waals surface area contributed by atoms with Crippen molar-refractivity contribution < 1.29 is 18.7 Å². The summed E-state index contributed by atoms with van der Waals surface area (Å²) in [5, 5.41) is 5.95. The molecule has 0 saturated carbocycles. The van der Waals surface area contributed by atoms with Crippen LogP contribution in [0.3, 0.4) is 0 Å². The Bertz CT molecular complexity index is 922. The van der Waals surface area contributed by atoms with Crippen LogP contribution in [0.2, 0.25) is 0 Å². The fraction of sp³-hybridized carbons (Fsp3) is 0.333. The molecule has 1 heterocycles. The molecule has 0 aliphatic carbocycles. The zero-order valence-corrected chi connectivity index (χ0v) is 16.2. The molecule has 0 fully saturated rings. The van der Waals surface area contributed by atoms with Gasteiger partial charge in [0.2, 0.25) is 0 Å². The molecule has 0 spiro atoms. The number of amides is 1. The van der Waals surface area contributed by atoms with Gasteiger partial charge >= 0.3 is 0 Å². The monoisotopic (exact) mass is 370 g/mol. The number of hydrogen-bond donors (Lipinski definition) is 0. The minimum Gasteiger partial charge on any atom is -0.493 e. The quantitative estimate of drug-likeness (QED) is 0.816. The van der Waals surface area contributed by atoms with Crippen molar-refractivity contribution in [3.63, 3.8) is 0 Å². The van der Waals surface area contributed by atoms with Gasteiger partial charge in [0.25, 0.3) is 5.91 Å². The Morgan fingerprint density at radius 3 is 2.44 bits per heavy atom. The molecule has 0 saturated heterocycles. The van der Waals surface area contributed by atoms with Crippen molar-refractivity contribution in [1.29, 1.82) is 0 Å². The lowest BCUT2D eigenvalue weighted by Crippen LogP contribution is -2.31. The van der Waals surface area contributed by atoms with Crippen LogP contribution in [0.15, 0.2) is 41.5 Å². The summed E-state index contributed by atoms with van der Waals surface area (Å²) in [6.45, 7) is 6.11. The van der Waals surface area contributed by atoms with Gasteiger partial charge in [-0.2, -0.15) is 5.10 Å². The number of rotatable bonds is 4. The maximum Gasteiger partial charge on any atom is 0.274 e. The normalized spacial score (nSPS) is 15.5. The molecular formula is C21H23FN2O3. The highest BCUT2D eigenvalue weighted by Gasteiger charge is 2.38. The van der Waals surface area contributed by atoms with Gasteiger partial charge in [-0.25, -0.2) is 9.40 Å². The van der Waals surface area contributed by atoms with E-state index in [-0.39, 0.29) is 16.9 Å². The summed E-state index contributed by atoms with van der Waals surface area (Å²) in [6.07, 6.45) is 0. The Morgan fingerprint density at radius 1 is 1.11 bits per heavy atom. The summed E-state index contributed by atoms with van der Waals surface area (Å²) in [4.78, 5) is 12.8. The molecule has 0 N–H and O–H groups in total. The molecule has 2 aromatic carbocycles. The lowest BCUT2D eigenvalue weighted by atomic mass is 9.84. The topological polar surface area (TPSA) is 51.1 Å². The zero-order valence-electron chi connectivity index (χ0n) is 16.2. The van der Waals surface area contributed by atoms with Crippen LogP contribution in [0.25, 0.3) is 0 Å². The molecule has 0 aromatic heterocycles. The van der Waals surface area contributed by atoms with Crippen LogP contribution in [0.5, 0.6) is 11.5 Å². The maximum absolute atomic E-state index is 13.8. The molecular weight excluding hydrogens is 347 g/mol. The highest BCUT2D eigenvalue weighted by atomic mass is 19.1. The lowest BCUT2D eigenvalue weighted by molar-refractivity contribution is 0.0753. The minimum absolute atomic E-state index is 0.284. The molecule has 2 aromatic rings. The van der Waals surface area contributed by atoms with Gasteiger partial charge < -0.3 is 9.47 Å². The third-order valence-electron chi connectivity index (χ3n) is 4.72. The van der Waals surface area contributed by atoms with Crippen molar-refractivity contribution in [1.82, 2.24) is 5.01 Å². The number of hydrazone groups is 1. The van der Waals surface area contributed by atoms with Gasteiger partial charge in [0, 0.05) is 16.5 Å². The van der Waals surface area contributed by atoms with Gasteiger partial charge in [0.1, 0.15) is 5.82 Å². The Balaban J connectivity index is 1.96. The van der Waals surface area contributed by atoms with Crippen LogP contribution in [-0.4, -0.2) is 37.4 Å². The Kier molecular flexibility index (Phi) is 4.91. The Hall–Kier alpha value is -2.89. The number of benzene rings is 2. The first-order valence-corrected chi connectivity index (χ1v) is 8.66. The highest BCUT2D eigenvalue weighted by Crippen LogP contribution is 2.35. The lowest BCUT2D eigenvalue weighted by Gasteiger charge is -2.21. The molecule has 0 radical (unpaired) electrons. The first kappa shape index (κ1) is 18.9. The molecule has 27 heavy (non-hydrogen) atoms. The zero-order chi connectivity index (χ0) is 19.8. The van der Waals surface area contributed by atoms with Gasteiger partial charge in [-0.15, -0.1) is 0 Å². The molecule has 0 bridgehead atoms. The fourth-order valence-corrected chi connectivity index (χ4v) is 3.16. The molecule has 1 aliphatic rings. The van der Waals surface area contributed by atoms with Gasteiger partial charge in [-0.05, 0) is 42.8 Å². The second-order valence-electron chi connectivity index (χ2n) is 7.23. The number of methoxy groups -OCH3 is 2. The third-order valence-corrected chi connectivity index (χ3v) is 4.72. The van der Waals surface area contributed by atoms with E-state index in [1.807, 2.05) is 32.0 Å². The predicted octanol–water partition coefficient (Wildman–Crippen LogP) is 4.04. The van der Waals surface area contributed by atoms with Crippen LogP contribution in [0.4, 0.5) is 4.39 Å². The molecule has 6 heteroatoms. The van der Waals surface area contributed by atoms with Gasteiger partial charge in [0.05, 0.1) is 26.5 Å². The number of hydrogen-bond acceptors (Lipinski definition) is 4. The molecule has 0 unspecified atom stereocenters. The minimum atomic E-state index is -0.400. The third kappa shape index (κ3) is 3.52. The maximum atomic E-state index is 13.8. The second kappa shape index (κ2) is 7.02. The number of carbonyl (C=O) groups excluding carboxylic acids is 1. The average Bonchev–Trinajstić information content (AvgIpc) is 2.98. The fourth-order valence-electron chi connectivity index (χ4n) is 3.16. The number of aryl methyl sites for hydroxylation is 1. The summed E-state index contributed by atoms with van der Waals surface area (Å²) in [6, 6.07) is 10.0. The number of ether oxygens (including phenoxy) is 2. The standard InChI is InChI=1S/C21H23FN2O3/c1-13-6-7-15(10-16(13)22)20(25)24-12-21(2,3)19(23-24)14-8-9-17(26-4)18(11-14)27-5/h6-11H,12H2,1-5H3. The van der Waals surface area contributed by atoms with Crippen molar-refractivity contribution in [3.8, 4) is 11.5 Å². The van der Waals surface area contributed by atoms with E-state index in [2.05, 4.69) is 5.10 Å². The van der Waals surface area contributed by atoms with E-state index in [9.17, 15) is 9.18 Å². The smallest absolute Gasteiger partial charge is 0.274 e. The van der Waals surface area contributed by atoms with E-state index in [0.717, 1.165) is 11.3 Å². The number of halogens is 1. The SMILES string of the molecule is COc1ccc(C2=NN(C(=O)c3ccc(C)c(F)c3)CC2(C)C)cc1OC. The number of carbonyl (C=O) groups is 1. The van der Waals surface area contributed by atoms with Crippen LogP contribution in [0.1, 0.15) is 35.3 Å². The van der Waals surface area contributed by atoms with E-state index < -0.39 is 5.82 Å². The van der Waals surface area contributed by atoms with Crippen molar-refractivity contribution in [2.75, 3.05) is 20.8 Å². The van der Waals surface area contributed by atoms with Crippen LogP contribution >= 0.6 is 0 Å². The highest BCUT2D eigenvalue weighted by molar-refractivity contribution is 6.08. The second-order valence-corrected chi connectivity index (χ2v) is 7.23. The molecule has 142 valence electrons. The van der Waals surface area contributed by atoms with E-state index >= 15 is 0 Å². The number of nitrogens with zero attached hydrogens (tertiary/aromatic N) is 2. The summed E-state index contributed by atoms with van der Waals surface area (Å²) in [5.74, 6) is 0.500. The summed E-state index contributed by atoms with van der Waals surface area (Å²) < 4.78 is 24.5. The first-order chi connectivity index (χ1) is 12.8. The molecule has 3 rings (SSSR count). The Morgan fingerprint density at radius 2 is 1.81 bits per heavy atom. The van der Waals surface area contributed by atoms with E-state index in [1.165, 1.54) is 11.1 Å². The van der Waals surface area contributed by atoms with Crippen molar-refractivity contribution >= 4 is 11.6 Å². The van der Waals surface area contributed by atoms with Crippen LogP contribution in [0, 0.1) is 18.2 Å². The average molecular weight is 370 g/mol. The summed E-state index contributed by atoms with van der Waals surface area (Å²) in [5.41, 5.74) is 2.04. The van der Waals surface area contributed by atoms with Gasteiger partial charge in [0.15, 0.2) is 11.5 Å². The molecule has 1 amide bonds.